The molecule has 0 atom stereocenters. The van der Waals surface area contributed by atoms with Gasteiger partial charge in [-0.1, -0.05) is 53.5 Å². The highest BCUT2D eigenvalue weighted by Crippen LogP contribution is 2.24. The molecule has 0 amide bonds. The zero-order valence-corrected chi connectivity index (χ0v) is 13.4. The number of unbranched alkanes of at least 4 members (excludes halogenated alkanes) is 1. The largest absolute Gasteiger partial charge is 0.399 e. The van der Waals surface area contributed by atoms with Crippen molar-refractivity contribution in [3.8, 4) is 0 Å². The summed E-state index contributed by atoms with van der Waals surface area (Å²) in [6, 6.07) is 16.6. The van der Waals surface area contributed by atoms with Gasteiger partial charge in [-0.2, -0.15) is 0 Å². The van der Waals surface area contributed by atoms with Crippen LogP contribution in [0.3, 0.4) is 0 Å². The summed E-state index contributed by atoms with van der Waals surface area (Å²) in [5, 5.41) is 0. The van der Waals surface area contributed by atoms with Crippen molar-refractivity contribution in [1.29, 1.82) is 0 Å². The average Bonchev–Trinajstić information content (AvgIpc) is 2.46. The van der Waals surface area contributed by atoms with E-state index in [-0.39, 0.29) is 0 Å². The van der Waals surface area contributed by atoms with Gasteiger partial charge in [0.1, 0.15) is 0 Å². The summed E-state index contributed by atoms with van der Waals surface area (Å²) in [7, 11) is 0. The molecule has 0 aromatic heterocycles. The molecule has 0 saturated heterocycles. The summed E-state index contributed by atoms with van der Waals surface area (Å²) in [6.07, 6.45) is 2.40. The van der Waals surface area contributed by atoms with Crippen molar-refractivity contribution in [2.24, 2.45) is 0 Å². The molecule has 2 aromatic rings. The van der Waals surface area contributed by atoms with Crippen LogP contribution in [-0.4, -0.2) is 6.54 Å². The van der Waals surface area contributed by atoms with Crippen molar-refractivity contribution in [2.75, 3.05) is 17.2 Å². The van der Waals surface area contributed by atoms with Crippen molar-refractivity contribution < 1.29 is 0 Å². The standard InChI is InChI=1S/C17H21BrN2/c1-2-3-11-20(16-7-5-4-6-8-16)13-14-9-10-15(19)12-17(14)18/h4-10,12H,2-3,11,13,19H2,1H3. The van der Waals surface area contributed by atoms with Gasteiger partial charge in [0, 0.05) is 28.9 Å². The Morgan fingerprint density at radius 3 is 2.50 bits per heavy atom. The predicted octanol–water partition coefficient (Wildman–Crippen LogP) is 4.84. The normalized spacial score (nSPS) is 10.5. The van der Waals surface area contributed by atoms with Crippen LogP contribution in [-0.2, 0) is 6.54 Å². The summed E-state index contributed by atoms with van der Waals surface area (Å²) < 4.78 is 1.08. The van der Waals surface area contributed by atoms with Gasteiger partial charge in [-0.15, -0.1) is 0 Å². The van der Waals surface area contributed by atoms with Crippen LogP contribution in [0.4, 0.5) is 11.4 Å². The number of para-hydroxylation sites is 1. The summed E-state index contributed by atoms with van der Waals surface area (Å²) in [5.74, 6) is 0. The summed E-state index contributed by atoms with van der Waals surface area (Å²) in [5.41, 5.74) is 9.13. The van der Waals surface area contributed by atoms with Crippen molar-refractivity contribution in [3.05, 3.63) is 58.6 Å². The van der Waals surface area contributed by atoms with Crippen molar-refractivity contribution in [1.82, 2.24) is 0 Å². The predicted molar refractivity (Wildman–Crippen MR) is 91.0 cm³/mol. The Bertz CT molecular complexity index is 540. The molecule has 0 aliphatic carbocycles. The molecule has 2 N–H and O–H groups in total. The Morgan fingerprint density at radius 1 is 1.10 bits per heavy atom. The van der Waals surface area contributed by atoms with E-state index in [1.165, 1.54) is 24.1 Å². The zero-order chi connectivity index (χ0) is 14.4. The quantitative estimate of drug-likeness (QED) is 0.767. The van der Waals surface area contributed by atoms with Gasteiger partial charge in [0.15, 0.2) is 0 Å². The number of benzene rings is 2. The maximum absolute atomic E-state index is 5.81. The molecule has 2 aromatic carbocycles. The van der Waals surface area contributed by atoms with E-state index in [0.717, 1.165) is 23.2 Å². The smallest absolute Gasteiger partial charge is 0.0440 e. The number of halogens is 1. The second kappa shape index (κ2) is 7.34. The fourth-order valence-electron chi connectivity index (χ4n) is 2.18. The van der Waals surface area contributed by atoms with Crippen LogP contribution in [0.1, 0.15) is 25.3 Å². The Labute approximate surface area is 129 Å². The molecule has 0 bridgehead atoms. The molecular weight excluding hydrogens is 312 g/mol. The lowest BCUT2D eigenvalue weighted by atomic mass is 10.1. The Kier molecular flexibility index (Phi) is 5.48. The molecule has 2 rings (SSSR count). The number of nitrogen functional groups attached to an aromatic ring is 1. The SMILES string of the molecule is CCCCN(Cc1ccc(N)cc1Br)c1ccccc1. The monoisotopic (exact) mass is 332 g/mol. The molecule has 20 heavy (non-hydrogen) atoms. The third-order valence-corrected chi connectivity index (χ3v) is 4.08. The lowest BCUT2D eigenvalue weighted by molar-refractivity contribution is 0.715. The minimum absolute atomic E-state index is 0.792. The zero-order valence-electron chi connectivity index (χ0n) is 11.8. The van der Waals surface area contributed by atoms with Gasteiger partial charge >= 0.3 is 0 Å². The van der Waals surface area contributed by atoms with Crippen LogP contribution in [0, 0.1) is 0 Å². The van der Waals surface area contributed by atoms with Crippen LogP contribution < -0.4 is 10.6 Å². The number of nitrogens with zero attached hydrogens (tertiary/aromatic N) is 1. The van der Waals surface area contributed by atoms with Crippen molar-refractivity contribution in [2.45, 2.75) is 26.3 Å². The number of hydrogen-bond donors (Lipinski definition) is 1. The first-order valence-corrected chi connectivity index (χ1v) is 7.84. The first kappa shape index (κ1) is 14.9. The summed E-state index contributed by atoms with van der Waals surface area (Å²) in [4.78, 5) is 2.42. The number of anilines is 2. The first-order valence-electron chi connectivity index (χ1n) is 7.04. The van der Waals surface area contributed by atoms with Gasteiger partial charge in [0.25, 0.3) is 0 Å². The van der Waals surface area contributed by atoms with E-state index >= 15 is 0 Å². The third kappa shape index (κ3) is 4.01. The number of nitrogens with two attached hydrogens (primary N) is 1. The van der Waals surface area contributed by atoms with Crippen LogP contribution >= 0.6 is 15.9 Å². The Hall–Kier alpha value is -1.48. The van der Waals surface area contributed by atoms with E-state index in [2.05, 4.69) is 64.2 Å². The van der Waals surface area contributed by atoms with Gasteiger partial charge in [-0.05, 0) is 36.2 Å². The summed E-state index contributed by atoms with van der Waals surface area (Å²) in [6.45, 7) is 4.19. The first-order chi connectivity index (χ1) is 9.70. The van der Waals surface area contributed by atoms with E-state index in [4.69, 9.17) is 5.73 Å². The van der Waals surface area contributed by atoms with Gasteiger partial charge in [-0.3, -0.25) is 0 Å². The molecule has 0 spiro atoms. The van der Waals surface area contributed by atoms with Gasteiger partial charge < -0.3 is 10.6 Å². The van der Waals surface area contributed by atoms with E-state index in [1.54, 1.807) is 0 Å². The molecule has 0 unspecified atom stereocenters. The second-order valence-corrected chi connectivity index (χ2v) is 5.82. The highest BCUT2D eigenvalue weighted by molar-refractivity contribution is 9.10. The minimum Gasteiger partial charge on any atom is -0.399 e. The fraction of sp³-hybridized carbons (Fsp3) is 0.294. The molecule has 106 valence electrons. The topological polar surface area (TPSA) is 29.3 Å². The van der Waals surface area contributed by atoms with Gasteiger partial charge in [-0.25, -0.2) is 0 Å². The third-order valence-electron chi connectivity index (χ3n) is 3.34. The Morgan fingerprint density at radius 2 is 1.85 bits per heavy atom. The minimum atomic E-state index is 0.792. The van der Waals surface area contributed by atoms with Crippen molar-refractivity contribution >= 4 is 27.3 Å². The van der Waals surface area contributed by atoms with Crippen LogP contribution in [0.25, 0.3) is 0 Å². The maximum atomic E-state index is 5.81. The van der Waals surface area contributed by atoms with E-state index in [0.29, 0.717) is 0 Å². The van der Waals surface area contributed by atoms with Crippen LogP contribution in [0.2, 0.25) is 0 Å². The molecule has 0 heterocycles. The van der Waals surface area contributed by atoms with Crippen molar-refractivity contribution in [3.63, 3.8) is 0 Å². The lowest BCUT2D eigenvalue weighted by Crippen LogP contribution is -2.24. The summed E-state index contributed by atoms with van der Waals surface area (Å²) >= 11 is 3.61. The number of rotatable bonds is 6. The molecular formula is C17H21BrN2. The van der Waals surface area contributed by atoms with E-state index < -0.39 is 0 Å². The number of hydrogen-bond acceptors (Lipinski definition) is 2. The van der Waals surface area contributed by atoms with E-state index in [1.807, 2.05) is 12.1 Å². The maximum Gasteiger partial charge on any atom is 0.0440 e. The molecule has 0 aliphatic heterocycles. The molecule has 0 fully saturated rings. The highest BCUT2D eigenvalue weighted by Gasteiger charge is 2.09. The Balaban J connectivity index is 2.19. The molecule has 2 nitrogen and oxygen atoms in total. The van der Waals surface area contributed by atoms with Crippen LogP contribution in [0.15, 0.2) is 53.0 Å². The fourth-order valence-corrected chi connectivity index (χ4v) is 2.71. The highest BCUT2D eigenvalue weighted by atomic mass is 79.9. The average molecular weight is 333 g/mol. The van der Waals surface area contributed by atoms with Crippen LogP contribution in [0.5, 0.6) is 0 Å². The molecule has 3 heteroatoms. The molecule has 0 radical (unpaired) electrons. The second-order valence-electron chi connectivity index (χ2n) is 4.96. The molecule has 0 saturated carbocycles. The van der Waals surface area contributed by atoms with E-state index in [9.17, 15) is 0 Å². The lowest BCUT2D eigenvalue weighted by Gasteiger charge is -2.25. The molecule has 0 aliphatic rings. The van der Waals surface area contributed by atoms with Gasteiger partial charge in [0.2, 0.25) is 0 Å². The van der Waals surface area contributed by atoms with Gasteiger partial charge in [0.05, 0.1) is 0 Å².